The fourth-order valence-corrected chi connectivity index (χ4v) is 4.27. The molecule has 4 rings (SSSR count). The Morgan fingerprint density at radius 2 is 1.74 bits per heavy atom. The molecule has 0 aromatic heterocycles. The van der Waals surface area contributed by atoms with Crippen LogP contribution in [0.2, 0.25) is 0 Å². The Hall–Kier alpha value is -3.91. The van der Waals surface area contributed by atoms with E-state index in [2.05, 4.69) is 16.8 Å². The highest BCUT2D eigenvalue weighted by Crippen LogP contribution is 2.23. The molecule has 1 aliphatic rings. The summed E-state index contributed by atoms with van der Waals surface area (Å²) in [5.74, 6) is -0.0936. The van der Waals surface area contributed by atoms with Crippen LogP contribution in [0.3, 0.4) is 0 Å². The summed E-state index contributed by atoms with van der Waals surface area (Å²) >= 11 is 0. The van der Waals surface area contributed by atoms with Crippen molar-refractivity contribution in [2.24, 2.45) is 0 Å². The highest BCUT2D eigenvalue weighted by atomic mass is 16.5. The molecule has 1 fully saturated rings. The van der Waals surface area contributed by atoms with Gasteiger partial charge in [-0.25, -0.2) is 4.79 Å². The number of hydrogen-bond donors (Lipinski definition) is 2. The fourth-order valence-electron chi connectivity index (χ4n) is 4.27. The number of hydrazine groups is 1. The molecule has 8 heteroatoms. The molecule has 8 nitrogen and oxygen atoms in total. The first kappa shape index (κ1) is 24.2. The number of carbonyl (C=O) groups excluding carboxylic acids is 3. The van der Waals surface area contributed by atoms with Gasteiger partial charge >= 0.3 is 6.03 Å². The van der Waals surface area contributed by atoms with Crippen molar-refractivity contribution in [3.63, 3.8) is 0 Å². The number of aryl methyl sites for hydroxylation is 1. The van der Waals surface area contributed by atoms with Gasteiger partial charge < -0.3 is 10.1 Å². The van der Waals surface area contributed by atoms with Gasteiger partial charge in [-0.05, 0) is 66.9 Å². The Bertz CT molecular complexity index is 1250. The first-order valence-electron chi connectivity index (χ1n) is 11.5. The number of methoxy groups -OCH3 is 1. The number of benzene rings is 3. The van der Waals surface area contributed by atoms with E-state index in [1.165, 1.54) is 0 Å². The van der Waals surface area contributed by atoms with Crippen molar-refractivity contribution in [1.82, 2.24) is 20.7 Å². The van der Waals surface area contributed by atoms with Gasteiger partial charge in [-0.2, -0.15) is 5.01 Å². The van der Waals surface area contributed by atoms with Gasteiger partial charge in [0.25, 0.3) is 11.8 Å². The number of urea groups is 1. The Labute approximate surface area is 204 Å². The third-order valence-electron chi connectivity index (χ3n) is 6.23. The molecular weight excluding hydrogens is 444 g/mol. The van der Waals surface area contributed by atoms with Crippen molar-refractivity contribution in [1.29, 1.82) is 0 Å². The Morgan fingerprint density at radius 3 is 2.49 bits per heavy atom. The van der Waals surface area contributed by atoms with Crippen molar-refractivity contribution in [3.05, 3.63) is 77.9 Å². The van der Waals surface area contributed by atoms with Crippen LogP contribution in [0.25, 0.3) is 10.8 Å². The summed E-state index contributed by atoms with van der Waals surface area (Å²) in [4.78, 5) is 39.8. The second kappa shape index (κ2) is 10.1. The zero-order valence-corrected chi connectivity index (χ0v) is 20.2. The number of likely N-dealkylation sites (N-methyl/N-ethyl adjacent to an activating group) is 1. The molecule has 0 spiro atoms. The van der Waals surface area contributed by atoms with E-state index in [0.717, 1.165) is 32.7 Å². The average Bonchev–Trinajstić information content (AvgIpc) is 3.06. The molecular formula is C27H30N4O4. The lowest BCUT2D eigenvalue weighted by atomic mass is 9.93. The fraction of sp³-hybridized carbons (Fsp3) is 0.296. The maximum atomic E-state index is 12.9. The zero-order valence-electron chi connectivity index (χ0n) is 20.2. The van der Waals surface area contributed by atoms with Crippen LogP contribution in [0.4, 0.5) is 4.79 Å². The molecule has 35 heavy (non-hydrogen) atoms. The summed E-state index contributed by atoms with van der Waals surface area (Å²) < 4.78 is 5.27. The number of amides is 4. The molecule has 4 amide bonds. The van der Waals surface area contributed by atoms with Crippen LogP contribution >= 0.6 is 0 Å². The van der Waals surface area contributed by atoms with Gasteiger partial charge in [0, 0.05) is 6.54 Å². The molecule has 1 aliphatic heterocycles. The Morgan fingerprint density at radius 1 is 1.03 bits per heavy atom. The van der Waals surface area contributed by atoms with E-state index >= 15 is 0 Å². The first-order chi connectivity index (χ1) is 16.8. The lowest BCUT2D eigenvalue weighted by Crippen LogP contribution is -2.51. The second-order valence-electron chi connectivity index (χ2n) is 9.14. The van der Waals surface area contributed by atoms with Crippen molar-refractivity contribution in [2.75, 3.05) is 20.7 Å². The molecule has 0 aliphatic carbocycles. The third-order valence-corrected chi connectivity index (χ3v) is 6.23. The highest BCUT2D eigenvalue weighted by molar-refractivity contribution is 6.07. The van der Waals surface area contributed by atoms with Crippen LogP contribution in [0.1, 0.15) is 24.5 Å². The van der Waals surface area contributed by atoms with Gasteiger partial charge in [0.1, 0.15) is 11.3 Å². The number of carbonyl (C=O) groups is 3. The normalized spacial score (nSPS) is 17.7. The number of fused-ring (bicyclic) bond motifs is 1. The van der Waals surface area contributed by atoms with Crippen molar-refractivity contribution in [2.45, 2.75) is 31.8 Å². The lowest BCUT2D eigenvalue weighted by molar-refractivity contribution is -0.139. The van der Waals surface area contributed by atoms with E-state index in [4.69, 9.17) is 4.74 Å². The molecule has 0 radical (unpaired) electrons. The quantitative estimate of drug-likeness (QED) is 0.465. The third kappa shape index (κ3) is 5.60. The highest BCUT2D eigenvalue weighted by Gasteiger charge is 2.48. The lowest BCUT2D eigenvalue weighted by Gasteiger charge is -2.22. The maximum absolute atomic E-state index is 12.9. The average molecular weight is 475 g/mol. The second-order valence-corrected chi connectivity index (χ2v) is 9.14. The monoisotopic (exact) mass is 474 g/mol. The first-order valence-corrected chi connectivity index (χ1v) is 11.5. The molecule has 1 saturated heterocycles. The topological polar surface area (TPSA) is 91.0 Å². The number of hydrogen-bond acceptors (Lipinski definition) is 5. The van der Waals surface area contributed by atoms with E-state index in [-0.39, 0.29) is 6.54 Å². The molecule has 0 bridgehead atoms. The van der Waals surface area contributed by atoms with Crippen molar-refractivity contribution in [3.8, 4) is 5.75 Å². The predicted octanol–water partition coefficient (Wildman–Crippen LogP) is 3.25. The molecule has 1 heterocycles. The zero-order chi connectivity index (χ0) is 25.0. The van der Waals surface area contributed by atoms with Gasteiger partial charge in [0.2, 0.25) is 0 Å². The largest absolute Gasteiger partial charge is 0.497 e. The summed E-state index contributed by atoms with van der Waals surface area (Å²) in [5.41, 5.74) is 3.52. The van der Waals surface area contributed by atoms with Crippen LogP contribution in [-0.4, -0.2) is 54.0 Å². The minimum absolute atomic E-state index is 0.0262. The Kier molecular flexibility index (Phi) is 7.02. The van der Waals surface area contributed by atoms with Gasteiger partial charge in [-0.3, -0.25) is 19.9 Å². The maximum Gasteiger partial charge on any atom is 0.344 e. The molecule has 3 aromatic rings. The number of imide groups is 1. The van der Waals surface area contributed by atoms with Crippen LogP contribution in [0.15, 0.2) is 66.7 Å². The standard InChI is InChI=1S/C27H30N4O4/c1-27(14-13-19-7-5-4-6-8-19)25(33)31(26(34)28-27)29-24(32)18-30(2)17-20-9-10-22-16-23(35-3)12-11-21(22)15-20/h4-12,15-16H,13-14,17-18H2,1-3H3,(H,28,34)(H,29,32). The number of nitrogens with zero attached hydrogens (tertiary/aromatic N) is 2. The van der Waals surface area contributed by atoms with Crippen molar-refractivity contribution < 1.29 is 19.1 Å². The SMILES string of the molecule is COc1ccc2cc(CN(C)CC(=O)NN3C(=O)NC(C)(CCc4ccccc4)C3=O)ccc2c1. The van der Waals surface area contributed by atoms with Crippen LogP contribution in [0.5, 0.6) is 5.75 Å². The van der Waals surface area contributed by atoms with E-state index in [9.17, 15) is 14.4 Å². The molecule has 1 atom stereocenters. The van der Waals surface area contributed by atoms with E-state index in [1.807, 2.05) is 72.6 Å². The van der Waals surface area contributed by atoms with Crippen LogP contribution < -0.4 is 15.5 Å². The van der Waals surface area contributed by atoms with Gasteiger partial charge in [-0.15, -0.1) is 0 Å². The van der Waals surface area contributed by atoms with E-state index in [1.54, 1.807) is 14.0 Å². The van der Waals surface area contributed by atoms with Crippen molar-refractivity contribution >= 4 is 28.6 Å². The van der Waals surface area contributed by atoms with Gasteiger partial charge in [0.15, 0.2) is 0 Å². The number of rotatable bonds is 9. The predicted molar refractivity (Wildman–Crippen MR) is 134 cm³/mol. The summed E-state index contributed by atoms with van der Waals surface area (Å²) in [6.07, 6.45) is 1.06. The number of ether oxygens (including phenoxy) is 1. The van der Waals surface area contributed by atoms with Gasteiger partial charge in [0.05, 0.1) is 13.7 Å². The molecule has 1 unspecified atom stereocenters. The minimum Gasteiger partial charge on any atom is -0.497 e. The minimum atomic E-state index is -1.07. The number of nitrogens with one attached hydrogen (secondary N) is 2. The molecule has 2 N–H and O–H groups in total. The van der Waals surface area contributed by atoms with Gasteiger partial charge in [-0.1, -0.05) is 48.5 Å². The summed E-state index contributed by atoms with van der Waals surface area (Å²) in [7, 11) is 3.45. The summed E-state index contributed by atoms with van der Waals surface area (Å²) in [6.45, 7) is 2.24. The van der Waals surface area contributed by atoms with E-state index < -0.39 is 23.4 Å². The molecule has 3 aromatic carbocycles. The van der Waals surface area contributed by atoms with Crippen LogP contribution in [0, 0.1) is 0 Å². The van der Waals surface area contributed by atoms with Crippen LogP contribution in [-0.2, 0) is 22.6 Å². The Balaban J connectivity index is 1.32. The summed E-state index contributed by atoms with van der Waals surface area (Å²) in [5, 5.41) is 5.67. The molecule has 0 saturated carbocycles. The molecule has 182 valence electrons. The van der Waals surface area contributed by atoms with E-state index in [0.29, 0.717) is 19.4 Å². The smallest absolute Gasteiger partial charge is 0.344 e. The summed E-state index contributed by atoms with van der Waals surface area (Å²) in [6, 6.07) is 21.1.